The largest absolute Gasteiger partial charge is 0.494 e. The lowest BCUT2D eigenvalue weighted by molar-refractivity contribution is -0.119. The van der Waals surface area contributed by atoms with Gasteiger partial charge in [-0.25, -0.2) is 4.90 Å². The molecule has 0 N–H and O–H groups in total. The van der Waals surface area contributed by atoms with Crippen LogP contribution in [-0.2, 0) is 9.59 Å². The van der Waals surface area contributed by atoms with Crippen LogP contribution >= 0.6 is 11.8 Å². The highest BCUT2D eigenvalue weighted by Gasteiger charge is 2.40. The van der Waals surface area contributed by atoms with Crippen molar-refractivity contribution in [1.29, 1.82) is 0 Å². The Kier molecular flexibility index (Phi) is 5.72. The van der Waals surface area contributed by atoms with E-state index in [4.69, 9.17) is 4.74 Å². The Morgan fingerprint density at radius 2 is 1.50 bits per heavy atom. The first kappa shape index (κ1) is 20.0. The number of benzene rings is 3. The van der Waals surface area contributed by atoms with Crippen LogP contribution in [0, 0.1) is 6.92 Å². The molecule has 0 saturated heterocycles. The van der Waals surface area contributed by atoms with Crippen LogP contribution in [0.2, 0.25) is 0 Å². The van der Waals surface area contributed by atoms with E-state index in [1.165, 1.54) is 16.7 Å². The fourth-order valence-electron chi connectivity index (χ4n) is 3.28. The van der Waals surface area contributed by atoms with Crippen LogP contribution in [0.4, 0.5) is 5.69 Å². The number of nitrogens with zero attached hydrogens (tertiary/aromatic N) is 1. The second kappa shape index (κ2) is 8.59. The lowest BCUT2D eigenvalue weighted by atomic mass is 10.0. The summed E-state index contributed by atoms with van der Waals surface area (Å²) < 4.78 is 5.48. The fraction of sp³-hybridized carbons (Fsp3) is 0.120. The number of carbonyl (C=O) groups excluding carboxylic acids is 2. The van der Waals surface area contributed by atoms with Gasteiger partial charge in [0.15, 0.2) is 0 Å². The Balaban J connectivity index is 1.76. The van der Waals surface area contributed by atoms with Gasteiger partial charge >= 0.3 is 0 Å². The standard InChI is InChI=1S/C25H21NO3S/c1-3-29-20-15-13-19(14-16-20)26-24(27)22(18-11-9-17(2)10-12-18)23(25(26)28)30-21-7-5-4-6-8-21/h4-16H,3H2,1-2H3. The molecule has 0 saturated carbocycles. The number of rotatable bonds is 6. The van der Waals surface area contributed by atoms with Crippen LogP contribution < -0.4 is 9.64 Å². The Bertz CT molecular complexity index is 1100. The molecular weight excluding hydrogens is 394 g/mol. The summed E-state index contributed by atoms with van der Waals surface area (Å²) in [5.74, 6) is 0.0750. The quantitative estimate of drug-likeness (QED) is 0.501. The highest BCUT2D eigenvalue weighted by molar-refractivity contribution is 8.04. The molecule has 4 nitrogen and oxygen atoms in total. The molecule has 0 unspecified atom stereocenters. The fourth-order valence-corrected chi connectivity index (χ4v) is 4.29. The van der Waals surface area contributed by atoms with Crippen molar-refractivity contribution in [2.45, 2.75) is 18.7 Å². The highest BCUT2D eigenvalue weighted by Crippen LogP contribution is 2.41. The van der Waals surface area contributed by atoms with E-state index in [2.05, 4.69) is 0 Å². The number of anilines is 1. The van der Waals surface area contributed by atoms with E-state index in [0.29, 0.717) is 28.5 Å². The average Bonchev–Trinajstić information content (AvgIpc) is 3.00. The third-order valence-corrected chi connectivity index (χ3v) is 5.84. The lowest BCUT2D eigenvalue weighted by Gasteiger charge is -2.16. The van der Waals surface area contributed by atoms with Crippen molar-refractivity contribution < 1.29 is 14.3 Å². The summed E-state index contributed by atoms with van der Waals surface area (Å²) in [6.07, 6.45) is 0. The van der Waals surface area contributed by atoms with E-state index in [1.807, 2.05) is 68.4 Å². The molecule has 0 fully saturated rings. The number of amides is 2. The Morgan fingerprint density at radius 1 is 0.833 bits per heavy atom. The monoisotopic (exact) mass is 415 g/mol. The van der Waals surface area contributed by atoms with E-state index >= 15 is 0 Å². The maximum absolute atomic E-state index is 13.4. The number of thioether (sulfide) groups is 1. The van der Waals surface area contributed by atoms with Crippen LogP contribution in [0.5, 0.6) is 5.75 Å². The van der Waals surface area contributed by atoms with Crippen LogP contribution in [0.15, 0.2) is 88.7 Å². The minimum atomic E-state index is -0.313. The molecule has 5 heteroatoms. The minimum Gasteiger partial charge on any atom is -0.494 e. The molecule has 1 aliphatic rings. The van der Waals surface area contributed by atoms with Crippen molar-refractivity contribution in [3.05, 3.63) is 94.9 Å². The molecule has 0 atom stereocenters. The number of aryl methyl sites for hydroxylation is 1. The number of carbonyl (C=O) groups is 2. The molecule has 3 aromatic rings. The summed E-state index contributed by atoms with van der Waals surface area (Å²) >= 11 is 1.32. The molecule has 30 heavy (non-hydrogen) atoms. The summed E-state index contributed by atoms with van der Waals surface area (Å²) in [4.78, 5) is 29.4. The zero-order chi connectivity index (χ0) is 21.1. The van der Waals surface area contributed by atoms with Gasteiger partial charge in [0, 0.05) is 4.90 Å². The molecule has 4 rings (SSSR count). The van der Waals surface area contributed by atoms with E-state index in [-0.39, 0.29) is 11.8 Å². The molecule has 0 bridgehead atoms. The van der Waals surface area contributed by atoms with E-state index in [1.54, 1.807) is 24.3 Å². The number of hydrogen-bond donors (Lipinski definition) is 0. The molecule has 0 radical (unpaired) electrons. The number of imide groups is 1. The van der Waals surface area contributed by atoms with Crippen molar-refractivity contribution in [2.24, 2.45) is 0 Å². The van der Waals surface area contributed by atoms with Gasteiger partial charge in [-0.2, -0.15) is 0 Å². The first-order valence-corrected chi connectivity index (χ1v) is 10.6. The summed E-state index contributed by atoms with van der Waals surface area (Å²) in [6.45, 7) is 4.45. The van der Waals surface area contributed by atoms with Crippen molar-refractivity contribution in [2.75, 3.05) is 11.5 Å². The molecular formula is C25H21NO3S. The Hall–Kier alpha value is -3.31. The molecule has 2 amide bonds. The van der Waals surface area contributed by atoms with Gasteiger partial charge in [0.25, 0.3) is 11.8 Å². The third kappa shape index (κ3) is 3.89. The predicted octanol–water partition coefficient (Wildman–Crippen LogP) is 5.47. The normalized spacial score (nSPS) is 13.9. The smallest absolute Gasteiger partial charge is 0.272 e. The zero-order valence-corrected chi connectivity index (χ0v) is 17.6. The summed E-state index contributed by atoms with van der Waals surface area (Å²) in [6, 6.07) is 24.3. The number of hydrogen-bond acceptors (Lipinski definition) is 4. The number of ether oxygens (including phenoxy) is 1. The van der Waals surface area contributed by atoms with Crippen molar-refractivity contribution in [3.8, 4) is 5.75 Å². The van der Waals surface area contributed by atoms with Crippen LogP contribution in [0.25, 0.3) is 5.57 Å². The molecule has 150 valence electrons. The van der Waals surface area contributed by atoms with E-state index in [0.717, 1.165) is 16.0 Å². The SMILES string of the molecule is CCOc1ccc(N2C(=O)C(Sc3ccccc3)=C(c3ccc(C)cc3)C2=O)cc1. The molecule has 0 aliphatic carbocycles. The first-order chi connectivity index (χ1) is 14.6. The summed E-state index contributed by atoms with van der Waals surface area (Å²) in [7, 11) is 0. The van der Waals surface area contributed by atoms with Gasteiger partial charge in [-0.3, -0.25) is 9.59 Å². The van der Waals surface area contributed by atoms with Crippen molar-refractivity contribution >= 4 is 34.8 Å². The maximum atomic E-state index is 13.4. The van der Waals surface area contributed by atoms with Crippen LogP contribution in [0.3, 0.4) is 0 Å². The maximum Gasteiger partial charge on any atom is 0.272 e. The molecule has 3 aromatic carbocycles. The molecule has 1 heterocycles. The average molecular weight is 416 g/mol. The van der Waals surface area contributed by atoms with E-state index in [9.17, 15) is 9.59 Å². The highest BCUT2D eigenvalue weighted by atomic mass is 32.2. The summed E-state index contributed by atoms with van der Waals surface area (Å²) in [5.41, 5.74) is 2.80. The van der Waals surface area contributed by atoms with Gasteiger partial charge in [0.1, 0.15) is 5.75 Å². The van der Waals surface area contributed by atoms with E-state index < -0.39 is 0 Å². The van der Waals surface area contributed by atoms with Crippen molar-refractivity contribution in [3.63, 3.8) is 0 Å². The van der Waals surface area contributed by atoms with Gasteiger partial charge in [0.05, 0.1) is 22.8 Å². The molecule has 1 aliphatic heterocycles. The molecule has 0 aromatic heterocycles. The van der Waals surface area contributed by atoms with Gasteiger partial charge in [-0.1, -0.05) is 59.8 Å². The first-order valence-electron chi connectivity index (χ1n) is 9.74. The Morgan fingerprint density at radius 3 is 2.13 bits per heavy atom. The minimum absolute atomic E-state index is 0.311. The van der Waals surface area contributed by atoms with Gasteiger partial charge in [-0.15, -0.1) is 0 Å². The van der Waals surface area contributed by atoms with Gasteiger partial charge < -0.3 is 4.74 Å². The molecule has 0 spiro atoms. The lowest BCUT2D eigenvalue weighted by Crippen LogP contribution is -2.31. The summed E-state index contributed by atoms with van der Waals surface area (Å²) in [5, 5.41) is 0. The topological polar surface area (TPSA) is 46.6 Å². The Labute approximate surface area is 180 Å². The second-order valence-corrected chi connectivity index (χ2v) is 7.94. The van der Waals surface area contributed by atoms with Crippen molar-refractivity contribution in [1.82, 2.24) is 0 Å². The zero-order valence-electron chi connectivity index (χ0n) is 16.8. The predicted molar refractivity (Wildman–Crippen MR) is 121 cm³/mol. The van der Waals surface area contributed by atoms with Gasteiger partial charge in [0.2, 0.25) is 0 Å². The van der Waals surface area contributed by atoms with Gasteiger partial charge in [-0.05, 0) is 55.8 Å². The third-order valence-electron chi connectivity index (χ3n) is 4.75. The second-order valence-electron chi connectivity index (χ2n) is 6.86. The van der Waals surface area contributed by atoms with Crippen LogP contribution in [0.1, 0.15) is 18.1 Å². The van der Waals surface area contributed by atoms with Crippen LogP contribution in [-0.4, -0.2) is 18.4 Å².